The summed E-state index contributed by atoms with van der Waals surface area (Å²) in [6, 6.07) is 19.2. The van der Waals surface area contributed by atoms with Gasteiger partial charge in [0.2, 0.25) is 6.41 Å². The predicted molar refractivity (Wildman–Crippen MR) is 162 cm³/mol. The number of esters is 1. The molecule has 1 aliphatic rings. The maximum Gasteiger partial charge on any atom is 0.336 e. The summed E-state index contributed by atoms with van der Waals surface area (Å²) < 4.78 is 5.50. The van der Waals surface area contributed by atoms with E-state index in [1.807, 2.05) is 73.7 Å². The van der Waals surface area contributed by atoms with Gasteiger partial charge in [-0.25, -0.2) is 4.79 Å². The van der Waals surface area contributed by atoms with E-state index in [1.165, 1.54) is 0 Å². The SMILES string of the molecule is C=CCCCCCNC(=NC)C1=C(N(C=O)c2ccccc2)NC(C)=C(C(=O)OCC)C1c1ccccc1.CO. The topological polar surface area (TPSA) is 103 Å². The van der Waals surface area contributed by atoms with Crippen molar-refractivity contribution < 1.29 is 19.4 Å². The Morgan fingerprint density at radius 2 is 1.73 bits per heavy atom. The Kier molecular flexibility index (Phi) is 14.0. The monoisotopic (exact) mass is 546 g/mol. The van der Waals surface area contributed by atoms with Crippen LogP contribution in [-0.4, -0.2) is 50.6 Å². The second-order valence-electron chi connectivity index (χ2n) is 8.94. The molecular formula is C32H42N4O4. The quantitative estimate of drug-likeness (QED) is 0.0811. The van der Waals surface area contributed by atoms with Gasteiger partial charge in [-0.05, 0) is 50.8 Å². The summed E-state index contributed by atoms with van der Waals surface area (Å²) in [5.74, 6) is 0.247. The molecule has 2 aromatic rings. The number of amidine groups is 1. The summed E-state index contributed by atoms with van der Waals surface area (Å²) in [5.41, 5.74) is 3.41. The first-order valence-corrected chi connectivity index (χ1v) is 13.6. The van der Waals surface area contributed by atoms with Crippen molar-refractivity contribution in [3.8, 4) is 0 Å². The number of hydrogen-bond acceptors (Lipinski definition) is 6. The number of amides is 1. The van der Waals surface area contributed by atoms with Crippen LogP contribution in [0.15, 0.2) is 101 Å². The zero-order valence-corrected chi connectivity index (χ0v) is 24.0. The van der Waals surface area contributed by atoms with Crippen molar-refractivity contribution in [3.63, 3.8) is 0 Å². The van der Waals surface area contributed by atoms with Gasteiger partial charge in [0.15, 0.2) is 0 Å². The molecular weight excluding hydrogens is 504 g/mol. The molecule has 3 N–H and O–H groups in total. The lowest BCUT2D eigenvalue weighted by molar-refractivity contribution is -0.138. The summed E-state index contributed by atoms with van der Waals surface area (Å²) in [6.45, 7) is 8.38. The third-order valence-corrected chi connectivity index (χ3v) is 6.41. The highest BCUT2D eigenvalue weighted by Crippen LogP contribution is 2.40. The molecule has 0 aliphatic carbocycles. The van der Waals surface area contributed by atoms with Crippen molar-refractivity contribution >= 4 is 23.9 Å². The number of benzene rings is 2. The van der Waals surface area contributed by atoms with Crippen LogP contribution in [0.2, 0.25) is 0 Å². The van der Waals surface area contributed by atoms with Gasteiger partial charge in [0.1, 0.15) is 11.7 Å². The maximum atomic E-state index is 13.3. The van der Waals surface area contributed by atoms with Crippen molar-refractivity contribution in [2.45, 2.75) is 45.4 Å². The molecule has 1 heterocycles. The van der Waals surface area contributed by atoms with E-state index in [0.717, 1.165) is 44.8 Å². The summed E-state index contributed by atoms with van der Waals surface area (Å²) in [5, 5.41) is 13.9. The minimum absolute atomic E-state index is 0.255. The first kappa shape index (κ1) is 32.0. The lowest BCUT2D eigenvalue weighted by Crippen LogP contribution is -2.43. The van der Waals surface area contributed by atoms with Crippen LogP contribution in [0.4, 0.5) is 5.69 Å². The number of unbranched alkanes of at least 4 members (excludes halogenated alkanes) is 3. The van der Waals surface area contributed by atoms with Crippen molar-refractivity contribution in [3.05, 3.63) is 102 Å². The molecule has 0 saturated carbocycles. The van der Waals surface area contributed by atoms with Crippen LogP contribution in [0.1, 0.15) is 51.0 Å². The highest BCUT2D eigenvalue weighted by atomic mass is 16.5. The number of dihydropyridines is 1. The van der Waals surface area contributed by atoms with Gasteiger partial charge in [-0.15, -0.1) is 6.58 Å². The molecule has 0 aromatic heterocycles. The Morgan fingerprint density at radius 1 is 1.07 bits per heavy atom. The van der Waals surface area contributed by atoms with Crippen LogP contribution in [-0.2, 0) is 14.3 Å². The molecule has 1 aliphatic heterocycles. The number of aliphatic hydroxyl groups excluding tert-OH is 1. The number of nitrogens with zero attached hydrogens (tertiary/aromatic N) is 2. The molecule has 3 rings (SSSR count). The van der Waals surface area contributed by atoms with Gasteiger partial charge in [0.05, 0.1) is 23.8 Å². The number of allylic oxidation sites excluding steroid dienone is 2. The van der Waals surface area contributed by atoms with E-state index in [1.54, 1.807) is 18.9 Å². The molecule has 1 amide bonds. The molecule has 40 heavy (non-hydrogen) atoms. The Labute approximate surface area is 238 Å². The lowest BCUT2D eigenvalue weighted by atomic mass is 9.80. The number of ether oxygens (including phenoxy) is 1. The average molecular weight is 547 g/mol. The molecule has 214 valence electrons. The van der Waals surface area contributed by atoms with Gasteiger partial charge >= 0.3 is 5.97 Å². The number of para-hydroxylation sites is 1. The standard InChI is InChI=1S/C31H38N4O3.CH4O/c1-5-7-8-9-16-21-33-29(32-4)28-27(24-17-12-10-13-18-24)26(31(37)38-6-2)23(3)34-30(28)35(22-36)25-19-14-11-15-20-25;1-2/h5,10-15,17-20,22,27,34H,1,6-9,16,21H2,2-4H3,(H,32,33);2H,1H3. The van der Waals surface area contributed by atoms with E-state index in [0.29, 0.717) is 40.7 Å². The highest BCUT2D eigenvalue weighted by Gasteiger charge is 2.39. The minimum atomic E-state index is -0.510. The molecule has 0 fully saturated rings. The van der Waals surface area contributed by atoms with Crippen molar-refractivity contribution in [2.75, 3.05) is 32.2 Å². The second kappa shape index (κ2) is 17.4. The van der Waals surface area contributed by atoms with Gasteiger partial charge < -0.3 is 20.5 Å². The molecule has 1 atom stereocenters. The van der Waals surface area contributed by atoms with Gasteiger partial charge in [0.25, 0.3) is 0 Å². The Balaban J connectivity index is 0.00000274. The summed E-state index contributed by atoms with van der Waals surface area (Å²) in [7, 11) is 2.72. The third-order valence-electron chi connectivity index (χ3n) is 6.41. The first-order chi connectivity index (χ1) is 19.6. The zero-order chi connectivity index (χ0) is 29.3. The number of carbonyl (C=O) groups excluding carboxylic acids is 2. The van der Waals surface area contributed by atoms with E-state index in [9.17, 15) is 9.59 Å². The van der Waals surface area contributed by atoms with E-state index in [-0.39, 0.29) is 6.61 Å². The molecule has 0 spiro atoms. The normalized spacial score (nSPS) is 14.9. The number of carbonyl (C=O) groups is 2. The van der Waals surface area contributed by atoms with Gasteiger partial charge in [-0.2, -0.15) is 0 Å². The van der Waals surface area contributed by atoms with E-state index >= 15 is 0 Å². The Hall–Kier alpha value is -4.17. The highest BCUT2D eigenvalue weighted by molar-refractivity contribution is 6.06. The zero-order valence-electron chi connectivity index (χ0n) is 24.0. The van der Waals surface area contributed by atoms with Crippen LogP contribution in [0.5, 0.6) is 0 Å². The number of rotatable bonds is 13. The van der Waals surface area contributed by atoms with Crippen LogP contribution in [0.3, 0.4) is 0 Å². The molecule has 8 heteroatoms. The van der Waals surface area contributed by atoms with Crippen molar-refractivity contribution in [1.82, 2.24) is 10.6 Å². The smallest absolute Gasteiger partial charge is 0.336 e. The summed E-state index contributed by atoms with van der Waals surface area (Å²) >= 11 is 0. The van der Waals surface area contributed by atoms with Gasteiger partial charge in [0, 0.05) is 32.0 Å². The van der Waals surface area contributed by atoms with Crippen LogP contribution in [0.25, 0.3) is 0 Å². The second-order valence-corrected chi connectivity index (χ2v) is 8.94. The number of nitrogens with one attached hydrogen (secondary N) is 2. The van der Waals surface area contributed by atoms with Gasteiger partial charge in [-0.1, -0.05) is 61.0 Å². The maximum absolute atomic E-state index is 13.3. The fourth-order valence-electron chi connectivity index (χ4n) is 4.63. The lowest BCUT2D eigenvalue weighted by Gasteiger charge is -2.36. The molecule has 0 saturated heterocycles. The summed E-state index contributed by atoms with van der Waals surface area (Å²) in [6.07, 6.45) is 6.79. The van der Waals surface area contributed by atoms with Crippen LogP contribution < -0.4 is 15.5 Å². The third kappa shape index (κ3) is 8.16. The van der Waals surface area contributed by atoms with E-state index < -0.39 is 11.9 Å². The number of anilines is 1. The summed E-state index contributed by atoms with van der Waals surface area (Å²) in [4.78, 5) is 32.1. The fourth-order valence-corrected chi connectivity index (χ4v) is 4.63. The minimum Gasteiger partial charge on any atom is -0.463 e. The molecule has 2 aromatic carbocycles. The van der Waals surface area contributed by atoms with E-state index in [4.69, 9.17) is 9.84 Å². The molecule has 8 nitrogen and oxygen atoms in total. The molecule has 1 unspecified atom stereocenters. The van der Waals surface area contributed by atoms with Crippen molar-refractivity contribution in [2.24, 2.45) is 4.99 Å². The number of aliphatic hydroxyl groups is 1. The van der Waals surface area contributed by atoms with Crippen LogP contribution >= 0.6 is 0 Å². The van der Waals surface area contributed by atoms with E-state index in [2.05, 4.69) is 22.2 Å². The Morgan fingerprint density at radius 3 is 2.30 bits per heavy atom. The predicted octanol–water partition coefficient (Wildman–Crippen LogP) is 5.06. The first-order valence-electron chi connectivity index (χ1n) is 13.6. The van der Waals surface area contributed by atoms with Crippen LogP contribution in [0, 0.1) is 0 Å². The largest absolute Gasteiger partial charge is 0.463 e. The van der Waals surface area contributed by atoms with Gasteiger partial charge in [-0.3, -0.25) is 14.7 Å². The van der Waals surface area contributed by atoms with Crippen molar-refractivity contribution in [1.29, 1.82) is 0 Å². The average Bonchev–Trinajstić information content (AvgIpc) is 2.99. The molecule has 0 bridgehead atoms. The molecule has 0 radical (unpaired) electrons. The number of aliphatic imine (C=N–C) groups is 1. The fraction of sp³-hybridized carbons (Fsp3) is 0.344. The number of hydrogen-bond donors (Lipinski definition) is 3. The Bertz CT molecular complexity index is 1190.